The highest BCUT2D eigenvalue weighted by Gasteiger charge is 2.34. The van der Waals surface area contributed by atoms with Crippen molar-refractivity contribution in [2.24, 2.45) is 0 Å². The molecule has 1 saturated heterocycles. The highest BCUT2D eigenvalue weighted by atomic mass is 16.7. The van der Waals surface area contributed by atoms with E-state index < -0.39 is 0 Å². The molecule has 4 nitrogen and oxygen atoms in total. The second-order valence-corrected chi connectivity index (χ2v) is 9.19. The predicted octanol–water partition coefficient (Wildman–Crippen LogP) is 5.92. The maximum Gasteiger partial charge on any atom is 0.338 e. The van der Waals surface area contributed by atoms with E-state index in [0.717, 1.165) is 49.8 Å². The van der Waals surface area contributed by atoms with E-state index in [4.69, 9.17) is 14.2 Å². The SMILES string of the molecule is CCOC(=O)c1ccc(C#Cc2ccc3c(c2)[C@H](O[C@@H]2CCCCO2)CCC3(C)C)cc1. The molecule has 0 N–H and O–H groups in total. The Morgan fingerprint density at radius 3 is 2.53 bits per heavy atom. The second-order valence-electron chi connectivity index (χ2n) is 9.19. The monoisotopic (exact) mass is 432 g/mol. The van der Waals surface area contributed by atoms with E-state index >= 15 is 0 Å². The first kappa shape index (κ1) is 22.6. The van der Waals surface area contributed by atoms with Crippen LogP contribution < -0.4 is 0 Å². The Labute approximate surface area is 191 Å². The van der Waals surface area contributed by atoms with Gasteiger partial charge in [-0.05, 0) is 92.0 Å². The van der Waals surface area contributed by atoms with Crippen LogP contribution in [-0.4, -0.2) is 25.5 Å². The van der Waals surface area contributed by atoms with Gasteiger partial charge in [0.05, 0.1) is 18.3 Å². The lowest BCUT2D eigenvalue weighted by Crippen LogP contribution is -2.31. The number of hydrogen-bond acceptors (Lipinski definition) is 4. The summed E-state index contributed by atoms with van der Waals surface area (Å²) < 4.78 is 17.3. The molecule has 168 valence electrons. The van der Waals surface area contributed by atoms with E-state index in [9.17, 15) is 4.79 Å². The van der Waals surface area contributed by atoms with Crippen LogP contribution >= 0.6 is 0 Å². The van der Waals surface area contributed by atoms with Crippen LogP contribution in [0.15, 0.2) is 42.5 Å². The summed E-state index contributed by atoms with van der Waals surface area (Å²) in [6.07, 6.45) is 5.28. The highest BCUT2D eigenvalue weighted by Crippen LogP contribution is 2.44. The molecule has 0 aromatic heterocycles. The lowest BCUT2D eigenvalue weighted by Gasteiger charge is -2.38. The largest absolute Gasteiger partial charge is 0.462 e. The number of ether oxygens (including phenoxy) is 3. The Bertz CT molecular complexity index is 1000. The molecule has 2 atom stereocenters. The molecule has 1 aliphatic heterocycles. The molecule has 0 amide bonds. The second kappa shape index (κ2) is 9.90. The molecule has 0 bridgehead atoms. The van der Waals surface area contributed by atoms with Crippen molar-refractivity contribution < 1.29 is 19.0 Å². The van der Waals surface area contributed by atoms with Crippen LogP contribution in [0.2, 0.25) is 0 Å². The minimum atomic E-state index is -0.308. The van der Waals surface area contributed by atoms with Crippen LogP contribution in [0.4, 0.5) is 0 Å². The maximum atomic E-state index is 11.8. The quantitative estimate of drug-likeness (QED) is 0.444. The summed E-state index contributed by atoms with van der Waals surface area (Å²) in [6, 6.07) is 13.7. The van der Waals surface area contributed by atoms with Crippen LogP contribution in [0.25, 0.3) is 0 Å². The van der Waals surface area contributed by atoms with Crippen molar-refractivity contribution >= 4 is 5.97 Å². The number of carbonyl (C=O) groups is 1. The minimum absolute atomic E-state index is 0.0479. The average Bonchev–Trinajstić information content (AvgIpc) is 2.81. The number of benzene rings is 2. The number of hydrogen-bond donors (Lipinski definition) is 0. The summed E-state index contributed by atoms with van der Waals surface area (Å²) in [7, 11) is 0. The van der Waals surface area contributed by atoms with Crippen molar-refractivity contribution in [3.63, 3.8) is 0 Å². The average molecular weight is 433 g/mol. The third-order valence-corrected chi connectivity index (χ3v) is 6.36. The minimum Gasteiger partial charge on any atom is -0.462 e. The van der Waals surface area contributed by atoms with Gasteiger partial charge in [0.1, 0.15) is 0 Å². The predicted molar refractivity (Wildman–Crippen MR) is 124 cm³/mol. The first-order chi connectivity index (χ1) is 15.5. The Morgan fingerprint density at radius 2 is 1.81 bits per heavy atom. The van der Waals surface area contributed by atoms with Gasteiger partial charge in [0.15, 0.2) is 6.29 Å². The van der Waals surface area contributed by atoms with Crippen molar-refractivity contribution in [3.05, 3.63) is 70.3 Å². The summed E-state index contributed by atoms with van der Waals surface area (Å²) in [4.78, 5) is 11.8. The molecule has 4 heteroatoms. The Kier molecular flexibility index (Phi) is 6.98. The van der Waals surface area contributed by atoms with Gasteiger partial charge in [-0.15, -0.1) is 0 Å². The van der Waals surface area contributed by atoms with Gasteiger partial charge in [-0.2, -0.15) is 0 Å². The van der Waals surface area contributed by atoms with Crippen molar-refractivity contribution in [3.8, 4) is 11.8 Å². The van der Waals surface area contributed by atoms with Crippen molar-refractivity contribution in [1.29, 1.82) is 0 Å². The third kappa shape index (κ3) is 5.23. The molecule has 2 aromatic rings. The van der Waals surface area contributed by atoms with E-state index in [1.54, 1.807) is 19.1 Å². The first-order valence-corrected chi connectivity index (χ1v) is 11.7. The van der Waals surface area contributed by atoms with Crippen LogP contribution in [0, 0.1) is 11.8 Å². The fourth-order valence-electron chi connectivity index (χ4n) is 4.50. The summed E-state index contributed by atoms with van der Waals surface area (Å²) >= 11 is 0. The number of fused-ring (bicyclic) bond motifs is 1. The molecule has 0 spiro atoms. The molecular weight excluding hydrogens is 400 g/mol. The Morgan fingerprint density at radius 1 is 1.06 bits per heavy atom. The smallest absolute Gasteiger partial charge is 0.338 e. The Balaban J connectivity index is 1.55. The molecule has 2 aliphatic rings. The van der Waals surface area contributed by atoms with Gasteiger partial charge >= 0.3 is 5.97 Å². The topological polar surface area (TPSA) is 44.8 Å². The van der Waals surface area contributed by atoms with Crippen LogP contribution in [-0.2, 0) is 19.6 Å². The number of esters is 1. The van der Waals surface area contributed by atoms with Crippen LogP contribution in [0.3, 0.4) is 0 Å². The van der Waals surface area contributed by atoms with Crippen molar-refractivity contribution in [2.45, 2.75) is 70.7 Å². The van der Waals surface area contributed by atoms with Gasteiger partial charge < -0.3 is 14.2 Å². The van der Waals surface area contributed by atoms with Gasteiger partial charge in [-0.1, -0.05) is 31.8 Å². The molecule has 4 rings (SSSR count). The highest BCUT2D eigenvalue weighted by molar-refractivity contribution is 5.89. The van der Waals surface area contributed by atoms with Crippen molar-refractivity contribution in [1.82, 2.24) is 0 Å². The summed E-state index contributed by atoms with van der Waals surface area (Å²) in [5, 5.41) is 0. The lowest BCUT2D eigenvalue weighted by atomic mass is 9.71. The summed E-state index contributed by atoms with van der Waals surface area (Å²) in [6.45, 7) is 7.56. The van der Waals surface area contributed by atoms with Gasteiger partial charge in [-0.25, -0.2) is 4.79 Å². The molecule has 1 fully saturated rings. The summed E-state index contributed by atoms with van der Waals surface area (Å²) in [5.74, 6) is 6.19. The van der Waals surface area contributed by atoms with Crippen LogP contribution in [0.5, 0.6) is 0 Å². The van der Waals surface area contributed by atoms with E-state index in [0.29, 0.717) is 12.2 Å². The van der Waals surface area contributed by atoms with E-state index in [2.05, 4.69) is 43.9 Å². The molecule has 0 saturated carbocycles. The van der Waals surface area contributed by atoms with Gasteiger partial charge in [-0.3, -0.25) is 0 Å². The van der Waals surface area contributed by atoms with E-state index in [-0.39, 0.29) is 23.8 Å². The molecule has 1 aliphatic carbocycles. The zero-order chi connectivity index (χ0) is 22.6. The Hall–Kier alpha value is -2.61. The van der Waals surface area contributed by atoms with E-state index in [1.807, 2.05) is 12.1 Å². The molecule has 32 heavy (non-hydrogen) atoms. The van der Waals surface area contributed by atoms with Gasteiger partial charge in [0.25, 0.3) is 0 Å². The number of rotatable bonds is 4. The molecule has 2 aromatic carbocycles. The third-order valence-electron chi connectivity index (χ3n) is 6.36. The van der Waals surface area contributed by atoms with Gasteiger partial charge in [0, 0.05) is 17.7 Å². The van der Waals surface area contributed by atoms with Crippen LogP contribution in [0.1, 0.15) is 91.6 Å². The van der Waals surface area contributed by atoms with Gasteiger partial charge in [0.2, 0.25) is 0 Å². The molecule has 1 heterocycles. The molecular formula is C28H32O4. The summed E-state index contributed by atoms with van der Waals surface area (Å²) in [5.41, 5.74) is 5.07. The molecule has 0 unspecified atom stereocenters. The fraction of sp³-hybridized carbons (Fsp3) is 0.464. The zero-order valence-corrected chi connectivity index (χ0v) is 19.3. The standard InChI is InChI=1S/C28H32O4/c1-4-30-27(29)22-13-10-20(11-14-22)8-9-21-12-15-24-23(19-21)25(16-17-28(24,2)3)32-26-7-5-6-18-31-26/h10-15,19,25-26H,4-7,16-18H2,1-3H3/t25-,26-/m1/s1. The zero-order valence-electron chi connectivity index (χ0n) is 19.3. The molecule has 0 radical (unpaired) electrons. The normalized spacial score (nSPS) is 21.7. The van der Waals surface area contributed by atoms with E-state index in [1.165, 1.54) is 11.1 Å². The lowest BCUT2D eigenvalue weighted by molar-refractivity contribution is -0.193. The van der Waals surface area contributed by atoms with Crippen molar-refractivity contribution in [2.75, 3.05) is 13.2 Å². The fourth-order valence-corrected chi connectivity index (χ4v) is 4.50. The maximum absolute atomic E-state index is 11.8. The first-order valence-electron chi connectivity index (χ1n) is 11.7. The number of carbonyl (C=O) groups excluding carboxylic acids is 1.